The maximum Gasteiger partial charge on any atom is 0.180 e. The number of nitrogens with two attached hydrogens (primary N) is 1. The zero-order valence-electron chi connectivity index (χ0n) is 9.45. The molecule has 1 aliphatic rings. The molecule has 0 saturated carbocycles. The molecule has 0 amide bonds. The lowest BCUT2D eigenvalue weighted by atomic mass is 10.0. The van der Waals surface area contributed by atoms with Crippen LogP contribution >= 0.6 is 0 Å². The molecule has 0 saturated heterocycles. The maximum absolute atomic E-state index is 11.6. The summed E-state index contributed by atoms with van der Waals surface area (Å²) in [6, 6.07) is 3.59. The van der Waals surface area contributed by atoms with Crippen molar-refractivity contribution in [3.63, 3.8) is 0 Å². The van der Waals surface area contributed by atoms with Gasteiger partial charge in [-0.3, -0.25) is 4.79 Å². The number of benzene rings is 1. The predicted octanol–water partition coefficient (Wildman–Crippen LogP) is 1.16. The number of hydrogen-bond acceptors (Lipinski definition) is 4. The van der Waals surface area contributed by atoms with Crippen LogP contribution in [0.4, 0.5) is 0 Å². The molecule has 0 bridgehead atoms. The summed E-state index contributed by atoms with van der Waals surface area (Å²) in [4.78, 5) is 11.6. The molecule has 4 heteroatoms. The highest BCUT2D eigenvalue weighted by Gasteiger charge is 2.23. The summed E-state index contributed by atoms with van der Waals surface area (Å²) in [6.45, 7) is 1.97. The first kappa shape index (κ1) is 11.0. The molecule has 1 aromatic rings. The Hall–Kier alpha value is -1.55. The van der Waals surface area contributed by atoms with Crippen molar-refractivity contribution in [1.29, 1.82) is 0 Å². The molecule has 2 N–H and O–H groups in total. The van der Waals surface area contributed by atoms with Crippen molar-refractivity contribution < 1.29 is 14.3 Å². The molecule has 1 heterocycles. The minimum absolute atomic E-state index is 0.0231. The summed E-state index contributed by atoms with van der Waals surface area (Å²) in [5.74, 6) is 1.21. The Bertz CT molecular complexity index is 429. The largest absolute Gasteiger partial charge is 0.496 e. The highest BCUT2D eigenvalue weighted by Crippen LogP contribution is 2.34. The minimum Gasteiger partial charge on any atom is -0.496 e. The molecule has 0 fully saturated rings. The lowest BCUT2D eigenvalue weighted by Gasteiger charge is -2.09. The van der Waals surface area contributed by atoms with Gasteiger partial charge in [0.25, 0.3) is 0 Å². The zero-order valence-corrected chi connectivity index (χ0v) is 9.45. The third kappa shape index (κ3) is 1.76. The van der Waals surface area contributed by atoms with E-state index in [9.17, 15) is 4.79 Å². The van der Waals surface area contributed by atoms with Crippen LogP contribution in [0.1, 0.15) is 22.8 Å². The van der Waals surface area contributed by atoms with E-state index in [1.54, 1.807) is 13.2 Å². The number of ether oxygens (including phenoxy) is 2. The lowest BCUT2D eigenvalue weighted by molar-refractivity contribution is 0.0998. The Morgan fingerprint density at radius 1 is 1.62 bits per heavy atom. The van der Waals surface area contributed by atoms with Crippen molar-refractivity contribution in [3.05, 3.63) is 23.3 Å². The number of Topliss-reactive ketones (excluding diaryl/α,β-unsaturated/α-hetero) is 1. The van der Waals surface area contributed by atoms with Gasteiger partial charge in [-0.2, -0.15) is 0 Å². The number of hydrogen-bond donors (Lipinski definition) is 1. The van der Waals surface area contributed by atoms with E-state index in [-0.39, 0.29) is 18.4 Å². The summed E-state index contributed by atoms with van der Waals surface area (Å²) in [6.07, 6.45) is 1.01. The van der Waals surface area contributed by atoms with Crippen molar-refractivity contribution in [2.45, 2.75) is 19.4 Å². The second-order valence-corrected chi connectivity index (χ2v) is 3.92. The normalized spacial score (nSPS) is 17.8. The molecule has 1 aromatic carbocycles. The van der Waals surface area contributed by atoms with Gasteiger partial charge < -0.3 is 15.2 Å². The van der Waals surface area contributed by atoms with Gasteiger partial charge in [-0.05, 0) is 19.1 Å². The Balaban J connectivity index is 2.46. The first-order chi connectivity index (χ1) is 7.65. The molecule has 1 atom stereocenters. The minimum atomic E-state index is -0.136. The van der Waals surface area contributed by atoms with Gasteiger partial charge in [0.1, 0.15) is 17.6 Å². The summed E-state index contributed by atoms with van der Waals surface area (Å²) in [5.41, 5.74) is 6.93. The molecule has 2 rings (SSSR count). The van der Waals surface area contributed by atoms with Crippen LogP contribution in [0.3, 0.4) is 0 Å². The molecule has 1 unspecified atom stereocenters. The number of rotatable bonds is 3. The van der Waals surface area contributed by atoms with Gasteiger partial charge in [0.05, 0.1) is 19.2 Å². The van der Waals surface area contributed by atoms with Crippen molar-refractivity contribution in [2.24, 2.45) is 5.73 Å². The van der Waals surface area contributed by atoms with Crippen molar-refractivity contribution >= 4 is 5.78 Å². The van der Waals surface area contributed by atoms with Crippen molar-refractivity contribution in [3.8, 4) is 11.5 Å². The predicted molar refractivity (Wildman–Crippen MR) is 60.2 cm³/mol. The third-order valence-electron chi connectivity index (χ3n) is 2.70. The number of carbonyl (C=O) groups is 1. The second-order valence-electron chi connectivity index (χ2n) is 3.92. The third-order valence-corrected chi connectivity index (χ3v) is 2.70. The Morgan fingerprint density at radius 3 is 3.00 bits per heavy atom. The van der Waals surface area contributed by atoms with Crippen LogP contribution in [0, 0.1) is 0 Å². The van der Waals surface area contributed by atoms with Gasteiger partial charge in [0, 0.05) is 12.0 Å². The first-order valence-electron chi connectivity index (χ1n) is 5.26. The van der Waals surface area contributed by atoms with Crippen LogP contribution in [-0.4, -0.2) is 25.5 Å². The van der Waals surface area contributed by atoms with Crippen molar-refractivity contribution in [1.82, 2.24) is 0 Å². The van der Waals surface area contributed by atoms with E-state index in [4.69, 9.17) is 15.2 Å². The SMILES string of the molecule is COc1cc2c(cc1C(=O)CN)OC(C)C2. The van der Waals surface area contributed by atoms with E-state index in [1.807, 2.05) is 13.0 Å². The summed E-state index contributed by atoms with van der Waals surface area (Å²) in [5, 5.41) is 0. The van der Waals surface area contributed by atoms with Crippen LogP contribution in [-0.2, 0) is 6.42 Å². The molecule has 4 nitrogen and oxygen atoms in total. The molecule has 86 valence electrons. The fourth-order valence-corrected chi connectivity index (χ4v) is 1.94. The van der Waals surface area contributed by atoms with Gasteiger partial charge >= 0.3 is 0 Å². The number of ketones is 1. The van der Waals surface area contributed by atoms with Gasteiger partial charge in [-0.15, -0.1) is 0 Å². The van der Waals surface area contributed by atoms with Gasteiger partial charge in [-0.1, -0.05) is 0 Å². The Kier molecular flexibility index (Phi) is 2.83. The molecule has 0 spiro atoms. The topological polar surface area (TPSA) is 61.5 Å². The highest BCUT2D eigenvalue weighted by atomic mass is 16.5. The van der Waals surface area contributed by atoms with Crippen LogP contribution in [0.5, 0.6) is 11.5 Å². The zero-order chi connectivity index (χ0) is 11.7. The molecule has 0 radical (unpaired) electrons. The molecular weight excluding hydrogens is 206 g/mol. The Labute approximate surface area is 94.3 Å². The van der Waals surface area contributed by atoms with Crippen molar-refractivity contribution in [2.75, 3.05) is 13.7 Å². The van der Waals surface area contributed by atoms with Crippen LogP contribution in [0.2, 0.25) is 0 Å². The molecule has 0 aliphatic carbocycles. The summed E-state index contributed by atoms with van der Waals surface area (Å²) in [7, 11) is 1.55. The summed E-state index contributed by atoms with van der Waals surface area (Å²) < 4.78 is 10.8. The fraction of sp³-hybridized carbons (Fsp3) is 0.417. The smallest absolute Gasteiger partial charge is 0.180 e. The average Bonchev–Trinajstić information content (AvgIpc) is 2.65. The van der Waals surface area contributed by atoms with Crippen LogP contribution in [0.15, 0.2) is 12.1 Å². The second kappa shape index (κ2) is 4.14. The first-order valence-corrected chi connectivity index (χ1v) is 5.26. The Morgan fingerprint density at radius 2 is 2.38 bits per heavy atom. The standard InChI is InChI=1S/C12H15NO3/c1-7-3-8-4-12(15-2)9(10(14)6-13)5-11(8)16-7/h4-5,7H,3,6,13H2,1-2H3. The van der Waals surface area contributed by atoms with E-state index >= 15 is 0 Å². The van der Waals surface area contributed by atoms with E-state index in [0.29, 0.717) is 11.3 Å². The summed E-state index contributed by atoms with van der Waals surface area (Å²) >= 11 is 0. The van der Waals surface area contributed by atoms with Gasteiger partial charge in [-0.25, -0.2) is 0 Å². The highest BCUT2D eigenvalue weighted by molar-refractivity contribution is 6.00. The lowest BCUT2D eigenvalue weighted by Crippen LogP contribution is -2.14. The number of carbonyl (C=O) groups excluding carboxylic acids is 1. The number of methoxy groups -OCH3 is 1. The molecule has 1 aliphatic heterocycles. The molecule has 16 heavy (non-hydrogen) atoms. The van der Waals surface area contributed by atoms with E-state index in [0.717, 1.165) is 17.7 Å². The van der Waals surface area contributed by atoms with E-state index in [1.165, 1.54) is 0 Å². The van der Waals surface area contributed by atoms with Gasteiger partial charge in [0.2, 0.25) is 0 Å². The maximum atomic E-state index is 11.6. The van der Waals surface area contributed by atoms with Gasteiger partial charge in [0.15, 0.2) is 5.78 Å². The van der Waals surface area contributed by atoms with Crippen LogP contribution in [0.25, 0.3) is 0 Å². The monoisotopic (exact) mass is 221 g/mol. The van der Waals surface area contributed by atoms with Crippen LogP contribution < -0.4 is 15.2 Å². The molecular formula is C12H15NO3. The average molecular weight is 221 g/mol. The van der Waals surface area contributed by atoms with E-state index in [2.05, 4.69) is 0 Å². The number of fused-ring (bicyclic) bond motifs is 1. The molecule has 0 aromatic heterocycles. The fourth-order valence-electron chi connectivity index (χ4n) is 1.94. The quantitative estimate of drug-likeness (QED) is 0.778. The van der Waals surface area contributed by atoms with E-state index < -0.39 is 0 Å².